The second-order valence-electron chi connectivity index (χ2n) is 6.92. The van der Waals surface area contributed by atoms with E-state index in [1.807, 2.05) is 37.3 Å². The molecule has 1 aromatic heterocycles. The number of aromatic nitrogens is 1. The molecule has 1 aromatic carbocycles. The van der Waals surface area contributed by atoms with Crippen LogP contribution in [0.2, 0.25) is 0 Å². The van der Waals surface area contributed by atoms with E-state index in [2.05, 4.69) is 10.3 Å². The first-order chi connectivity index (χ1) is 12.5. The van der Waals surface area contributed by atoms with Gasteiger partial charge in [0.1, 0.15) is 11.5 Å². The van der Waals surface area contributed by atoms with Crippen LogP contribution in [0.4, 0.5) is 10.2 Å². The minimum absolute atomic E-state index is 0.0278. The van der Waals surface area contributed by atoms with Gasteiger partial charge >= 0.3 is 0 Å². The average molecular weight is 356 g/mol. The first-order valence-electron chi connectivity index (χ1n) is 8.93. The van der Waals surface area contributed by atoms with E-state index < -0.39 is 5.67 Å². The van der Waals surface area contributed by atoms with E-state index in [9.17, 15) is 4.79 Å². The summed E-state index contributed by atoms with van der Waals surface area (Å²) in [6.07, 6.45) is 0.671. The smallest absolute Gasteiger partial charge is 0.253 e. The topological polar surface area (TPSA) is 71.2 Å². The third kappa shape index (κ3) is 4.38. The Morgan fingerprint density at radius 1 is 1.23 bits per heavy atom. The highest BCUT2D eigenvalue weighted by atomic mass is 19.1. The van der Waals surface area contributed by atoms with Crippen molar-refractivity contribution in [2.24, 2.45) is 0 Å². The quantitative estimate of drug-likeness (QED) is 0.864. The summed E-state index contributed by atoms with van der Waals surface area (Å²) < 4.78 is 15.0. The van der Waals surface area contributed by atoms with Gasteiger partial charge in [-0.05, 0) is 30.7 Å². The monoisotopic (exact) mass is 356 g/mol. The molecule has 2 aromatic rings. The summed E-state index contributed by atoms with van der Waals surface area (Å²) in [6.45, 7) is 3.49. The van der Waals surface area contributed by atoms with Gasteiger partial charge in [-0.25, -0.2) is 9.37 Å². The summed E-state index contributed by atoms with van der Waals surface area (Å²) in [5.74, 6) is 0.479. The van der Waals surface area contributed by atoms with Crippen molar-refractivity contribution in [3.8, 4) is 0 Å². The zero-order valence-electron chi connectivity index (χ0n) is 15.0. The van der Waals surface area contributed by atoms with Gasteiger partial charge in [0.15, 0.2) is 0 Å². The number of nitrogens with zero attached hydrogens (tertiary/aromatic N) is 2. The van der Waals surface area contributed by atoms with Gasteiger partial charge in [-0.15, -0.1) is 0 Å². The predicted molar refractivity (Wildman–Crippen MR) is 101 cm³/mol. The van der Waals surface area contributed by atoms with Crippen molar-refractivity contribution >= 4 is 11.7 Å². The summed E-state index contributed by atoms with van der Waals surface area (Å²) in [7, 11) is 0. The fraction of sp³-hybridized carbons (Fsp3) is 0.400. The molecule has 0 radical (unpaired) electrons. The lowest BCUT2D eigenvalue weighted by atomic mass is 9.92. The van der Waals surface area contributed by atoms with Gasteiger partial charge in [-0.3, -0.25) is 4.79 Å². The van der Waals surface area contributed by atoms with Crippen molar-refractivity contribution in [2.45, 2.75) is 32.0 Å². The molecule has 6 heteroatoms. The number of aryl methyl sites for hydroxylation is 1. The summed E-state index contributed by atoms with van der Waals surface area (Å²) in [4.78, 5) is 18.5. The third-order valence-electron chi connectivity index (χ3n) is 4.91. The molecular weight excluding hydrogens is 331 g/mol. The number of halogens is 1. The normalized spacial score (nSPS) is 16.5. The summed E-state index contributed by atoms with van der Waals surface area (Å²) in [5.41, 5.74) is 6.89. The zero-order valence-corrected chi connectivity index (χ0v) is 15.0. The Balaban J connectivity index is 1.48. The predicted octanol–water partition coefficient (Wildman–Crippen LogP) is 2.71. The van der Waals surface area contributed by atoms with E-state index in [1.165, 1.54) is 0 Å². The molecule has 0 spiro atoms. The minimum atomic E-state index is -1.30. The number of nitrogens with two attached hydrogens (primary N) is 1. The molecule has 1 saturated heterocycles. The van der Waals surface area contributed by atoms with Crippen LogP contribution in [0.25, 0.3) is 0 Å². The van der Waals surface area contributed by atoms with E-state index >= 15 is 4.39 Å². The van der Waals surface area contributed by atoms with Crippen LogP contribution in [0.5, 0.6) is 0 Å². The number of pyridine rings is 1. The number of carbonyl (C=O) groups excluding carboxylic acids is 1. The van der Waals surface area contributed by atoms with Crippen molar-refractivity contribution in [1.29, 1.82) is 0 Å². The largest absolute Gasteiger partial charge is 0.383 e. The van der Waals surface area contributed by atoms with Crippen LogP contribution in [0.3, 0.4) is 0 Å². The minimum Gasteiger partial charge on any atom is -0.383 e. The number of anilines is 1. The van der Waals surface area contributed by atoms with Crippen LogP contribution in [-0.2, 0) is 6.54 Å². The molecule has 1 aliphatic heterocycles. The number of hydrogen-bond donors (Lipinski definition) is 2. The van der Waals surface area contributed by atoms with Crippen LogP contribution in [0, 0.1) is 6.92 Å². The van der Waals surface area contributed by atoms with Gasteiger partial charge in [0, 0.05) is 44.6 Å². The average Bonchev–Trinajstić information content (AvgIpc) is 2.65. The number of amides is 1. The van der Waals surface area contributed by atoms with E-state index in [0.717, 1.165) is 11.3 Å². The third-order valence-corrected chi connectivity index (χ3v) is 4.91. The zero-order chi connectivity index (χ0) is 18.6. The van der Waals surface area contributed by atoms with Gasteiger partial charge < -0.3 is 16.0 Å². The Kier molecular flexibility index (Phi) is 5.52. The van der Waals surface area contributed by atoms with Crippen LogP contribution in [-0.4, -0.2) is 41.1 Å². The number of nitrogens with one attached hydrogen (secondary N) is 1. The maximum Gasteiger partial charge on any atom is 0.253 e. The first kappa shape index (κ1) is 18.3. The molecule has 0 aliphatic carbocycles. The summed E-state index contributed by atoms with van der Waals surface area (Å²) in [6, 6.07) is 13.0. The van der Waals surface area contributed by atoms with Crippen molar-refractivity contribution in [1.82, 2.24) is 15.2 Å². The number of rotatable bonds is 5. The molecule has 1 aliphatic rings. The molecule has 2 heterocycles. The lowest BCUT2D eigenvalue weighted by Crippen LogP contribution is -2.48. The second kappa shape index (κ2) is 7.83. The Bertz CT molecular complexity index is 758. The first-order valence-corrected chi connectivity index (χ1v) is 8.93. The molecular formula is C20H25FN4O. The van der Waals surface area contributed by atoms with Gasteiger partial charge in [-0.2, -0.15) is 0 Å². The standard InChI is InChI=1S/C20H25FN4O/c1-15-7-8-17(24-18(15)22)13-23-14-20(21)9-11-25(12-10-20)19(26)16-5-3-2-4-6-16/h2-8,23H,9-14H2,1H3,(H2,22,24). The SMILES string of the molecule is Cc1ccc(CNCC2(F)CCN(C(=O)c3ccccc3)CC2)nc1N. The Labute approximate surface area is 153 Å². The molecule has 138 valence electrons. The highest BCUT2D eigenvalue weighted by molar-refractivity contribution is 5.94. The number of hydrogen-bond acceptors (Lipinski definition) is 4. The van der Waals surface area contributed by atoms with Crippen LogP contribution < -0.4 is 11.1 Å². The van der Waals surface area contributed by atoms with E-state index in [1.54, 1.807) is 17.0 Å². The maximum atomic E-state index is 15.0. The Morgan fingerprint density at radius 3 is 2.58 bits per heavy atom. The van der Waals surface area contributed by atoms with Crippen LogP contribution in [0.1, 0.15) is 34.5 Å². The molecule has 0 unspecified atom stereocenters. The molecule has 0 bridgehead atoms. The van der Waals surface area contributed by atoms with E-state index in [4.69, 9.17) is 5.73 Å². The van der Waals surface area contributed by atoms with Crippen molar-refractivity contribution in [2.75, 3.05) is 25.4 Å². The van der Waals surface area contributed by atoms with Gasteiger partial charge in [0.25, 0.3) is 5.91 Å². The number of nitrogen functional groups attached to an aromatic ring is 1. The Morgan fingerprint density at radius 2 is 1.92 bits per heavy atom. The summed E-state index contributed by atoms with van der Waals surface area (Å²) in [5, 5.41) is 3.14. The van der Waals surface area contributed by atoms with Gasteiger partial charge in [-0.1, -0.05) is 24.3 Å². The molecule has 0 saturated carbocycles. The maximum absolute atomic E-state index is 15.0. The van der Waals surface area contributed by atoms with Crippen molar-refractivity contribution in [3.63, 3.8) is 0 Å². The molecule has 3 N–H and O–H groups in total. The van der Waals surface area contributed by atoms with Crippen LogP contribution >= 0.6 is 0 Å². The fourth-order valence-corrected chi connectivity index (χ4v) is 3.15. The molecule has 1 amide bonds. The highest BCUT2D eigenvalue weighted by Crippen LogP contribution is 2.27. The fourth-order valence-electron chi connectivity index (χ4n) is 3.15. The number of alkyl halides is 1. The molecule has 5 nitrogen and oxygen atoms in total. The highest BCUT2D eigenvalue weighted by Gasteiger charge is 2.35. The summed E-state index contributed by atoms with van der Waals surface area (Å²) >= 11 is 0. The Hall–Kier alpha value is -2.47. The second-order valence-corrected chi connectivity index (χ2v) is 6.92. The lowest BCUT2D eigenvalue weighted by molar-refractivity contribution is 0.0434. The van der Waals surface area contributed by atoms with Gasteiger partial charge in [0.05, 0.1) is 5.69 Å². The number of benzene rings is 1. The van der Waals surface area contributed by atoms with Crippen molar-refractivity contribution < 1.29 is 9.18 Å². The number of carbonyl (C=O) groups is 1. The number of likely N-dealkylation sites (tertiary alicyclic amines) is 1. The van der Waals surface area contributed by atoms with Gasteiger partial charge in [0.2, 0.25) is 0 Å². The lowest BCUT2D eigenvalue weighted by Gasteiger charge is -2.36. The molecule has 1 fully saturated rings. The van der Waals surface area contributed by atoms with Crippen LogP contribution in [0.15, 0.2) is 42.5 Å². The van der Waals surface area contributed by atoms with Crippen molar-refractivity contribution in [3.05, 3.63) is 59.3 Å². The van der Waals surface area contributed by atoms with E-state index in [0.29, 0.717) is 43.9 Å². The number of piperidine rings is 1. The molecule has 26 heavy (non-hydrogen) atoms. The molecule has 0 atom stereocenters. The van der Waals surface area contributed by atoms with E-state index in [-0.39, 0.29) is 12.5 Å². The molecule has 3 rings (SSSR count).